The average molecular weight is 1260 g/mol. The van der Waals surface area contributed by atoms with E-state index in [4.69, 9.17) is 16.6 Å². The van der Waals surface area contributed by atoms with Crippen LogP contribution >= 0.6 is 0 Å². The van der Waals surface area contributed by atoms with Crippen molar-refractivity contribution in [2.24, 2.45) is 6.98 Å². The zero-order valence-electron chi connectivity index (χ0n) is 53.7. The average Bonchev–Trinajstić information content (AvgIpc) is 1.59. The number of hydrogen-bond acceptors (Lipinski definition) is 6. The third-order valence-corrected chi connectivity index (χ3v) is 14.8. The van der Waals surface area contributed by atoms with Crippen molar-refractivity contribution in [1.29, 1.82) is 0 Å². The van der Waals surface area contributed by atoms with Crippen LogP contribution in [0.1, 0.15) is 97.7 Å². The molecule has 0 aliphatic carbocycles. The Hall–Kier alpha value is -8.45. The standard InChI is InChI=1S/C71H64B2N7O.Pt/c1-47(2)54-23-19-24-55(48(3)4)68(54)49-40-51(44-53(41-49)81-52-32-33-57-56-22-9-11-28-63(56)80(67(57)45-52)70-76-62-27-10-12-29-64(62)77(70)8)78-46-79(66-31-14-13-30-65(66)78)69-58(60-25-20-38-74-36-17-15-34-72-60)42-50(71(5,6)7)43-59(69)61-26-21-39-75-37-18-16-35-73-61;/h9-43,46-48,74-75H,1-8H3;/q-3;/b34-15-,35-16-,36-17-,37-18-,38-20-,39-21-,60-25-,61-26-;/i8D3,9D,11D,22D,28D;. The van der Waals surface area contributed by atoms with Crippen molar-refractivity contribution in [3.05, 3.63) is 259 Å². The quantitative estimate of drug-likeness (QED) is 0.105. The van der Waals surface area contributed by atoms with E-state index < -0.39 is 19.1 Å². The molecule has 0 saturated carbocycles. The van der Waals surface area contributed by atoms with Gasteiger partial charge in [-0.05, 0) is 123 Å². The third kappa shape index (κ3) is 10.8. The molecule has 11 heteroatoms. The molecule has 0 amide bonds. The smallest absolute Gasteiger partial charge is 0.213 e. The summed E-state index contributed by atoms with van der Waals surface area (Å²) >= 11 is 0. The zero-order chi connectivity index (χ0) is 61.8. The Balaban J connectivity index is 0.00000817. The second-order valence-corrected chi connectivity index (χ2v) is 21.9. The number of rotatable bonds is 10. The van der Waals surface area contributed by atoms with Gasteiger partial charge >= 0.3 is 0 Å². The van der Waals surface area contributed by atoms with Gasteiger partial charge in [-0.15, -0.1) is 65.6 Å². The van der Waals surface area contributed by atoms with Crippen molar-refractivity contribution >= 4 is 81.1 Å². The van der Waals surface area contributed by atoms with Gasteiger partial charge < -0.3 is 34.3 Å². The summed E-state index contributed by atoms with van der Waals surface area (Å²) in [5.41, 5.74) is 13.7. The largest absolute Gasteiger partial charge is 0.509 e. The summed E-state index contributed by atoms with van der Waals surface area (Å²) in [4.78, 5) is 9.31. The van der Waals surface area contributed by atoms with Gasteiger partial charge in [-0.2, -0.15) is 6.07 Å². The van der Waals surface area contributed by atoms with Crippen LogP contribution in [0, 0.1) is 18.8 Å². The van der Waals surface area contributed by atoms with Crippen LogP contribution < -0.4 is 25.2 Å². The molecule has 7 aromatic carbocycles. The van der Waals surface area contributed by atoms with E-state index in [1.54, 1.807) is 36.4 Å². The van der Waals surface area contributed by atoms with E-state index in [2.05, 4.69) is 181 Å². The van der Waals surface area contributed by atoms with Crippen molar-refractivity contribution in [3.8, 4) is 28.6 Å². The number of anilines is 4. The molecule has 12 rings (SSSR count). The molecule has 5 heterocycles. The molecule has 3 aliphatic rings. The van der Waals surface area contributed by atoms with Crippen LogP contribution in [0.2, 0.25) is 0 Å². The molecule has 8 nitrogen and oxygen atoms in total. The zero-order valence-corrected chi connectivity index (χ0v) is 49.0. The molecule has 0 fully saturated rings. The second kappa shape index (κ2) is 23.6. The van der Waals surface area contributed by atoms with Gasteiger partial charge in [-0.3, -0.25) is 0 Å². The van der Waals surface area contributed by atoms with Crippen LogP contribution in [-0.2, 0) is 33.5 Å². The summed E-state index contributed by atoms with van der Waals surface area (Å²) in [6.07, 6.45) is 23.9. The molecule has 2 radical (unpaired) electrons. The molecule has 9 aromatic rings. The summed E-state index contributed by atoms with van der Waals surface area (Å²) < 4.78 is 72.2. The van der Waals surface area contributed by atoms with Crippen LogP contribution in [0.4, 0.5) is 22.7 Å². The summed E-state index contributed by atoms with van der Waals surface area (Å²) in [6, 6.07) is 39.6. The predicted octanol–water partition coefficient (Wildman–Crippen LogP) is 17.1. The van der Waals surface area contributed by atoms with Crippen LogP contribution in [0.5, 0.6) is 11.5 Å². The van der Waals surface area contributed by atoms with Gasteiger partial charge in [0.1, 0.15) is 0 Å². The van der Waals surface area contributed by atoms with Gasteiger partial charge in [-0.1, -0.05) is 150 Å². The predicted molar refractivity (Wildman–Crippen MR) is 342 cm³/mol. The number of nitrogens with one attached hydrogen (secondary N) is 2. The Morgan fingerprint density at radius 3 is 1.95 bits per heavy atom. The van der Waals surface area contributed by atoms with E-state index in [1.165, 1.54) is 4.57 Å². The topological polar surface area (TPSA) is 62.5 Å². The minimum absolute atomic E-state index is 0. The van der Waals surface area contributed by atoms with Crippen LogP contribution in [0.15, 0.2) is 213 Å². The number of ether oxygens (including phenoxy) is 1. The SMILES string of the molecule is [2H]c1c([2H])c([2H])c2c(c1[2H])c1ccc(Oc3[c-]c(N4[CH-]N(c5c(/C6=C/C=C\N/C=C\C=C/[B]6)cc(C(C)(C)C)cc5/C5=C/C=C\N/C=C\C=C/[B]5)c5ccccc54)cc(-c4c(C(C)C)cccc4C(C)C)c3)[c-]c1n2-c1nc2ccccc2n1C([2H])([2H])[2H].[Pt]. The molecule has 2 aromatic heterocycles. The van der Waals surface area contributed by atoms with Crippen molar-refractivity contribution in [2.45, 2.75) is 65.7 Å². The van der Waals surface area contributed by atoms with E-state index in [-0.39, 0.29) is 78.5 Å². The van der Waals surface area contributed by atoms with Gasteiger partial charge in [0.05, 0.1) is 16.5 Å². The first kappa shape index (κ1) is 47.2. The van der Waals surface area contributed by atoms with E-state index in [0.29, 0.717) is 27.9 Å². The first-order chi connectivity index (χ1) is 42.3. The maximum absolute atomic E-state index is 9.32. The monoisotopic (exact) mass is 1250 g/mol. The number of aryl methyl sites for hydroxylation is 1. The second-order valence-electron chi connectivity index (χ2n) is 21.9. The van der Waals surface area contributed by atoms with Crippen molar-refractivity contribution in [2.75, 3.05) is 9.80 Å². The summed E-state index contributed by atoms with van der Waals surface area (Å²) in [7, 11) is 4.31. The van der Waals surface area contributed by atoms with Gasteiger partial charge in [0.15, 0.2) is 14.6 Å². The number of allylic oxidation sites excluding steroid dienone is 8. The number of hydrogen-bond donors (Lipinski definition) is 2. The number of imidazole rings is 1. The molecule has 0 atom stereocenters. The van der Waals surface area contributed by atoms with Crippen LogP contribution in [0.3, 0.4) is 0 Å². The molecule has 0 spiro atoms. The first-order valence-electron chi connectivity index (χ1n) is 30.9. The number of fused-ring (bicyclic) bond motifs is 5. The van der Waals surface area contributed by atoms with Crippen molar-refractivity contribution in [3.63, 3.8) is 0 Å². The molecule has 0 unspecified atom stereocenters. The fourth-order valence-electron chi connectivity index (χ4n) is 10.8. The fourth-order valence-corrected chi connectivity index (χ4v) is 10.8. The van der Waals surface area contributed by atoms with Crippen molar-refractivity contribution in [1.82, 2.24) is 24.8 Å². The first-order valence-corrected chi connectivity index (χ1v) is 27.4. The van der Waals surface area contributed by atoms with Crippen LogP contribution in [0.25, 0.3) is 60.9 Å². The molecule has 3 aliphatic heterocycles. The maximum atomic E-state index is 9.32. The Bertz CT molecular complexity index is 4420. The Morgan fingerprint density at radius 2 is 1.29 bits per heavy atom. The maximum Gasteiger partial charge on any atom is 0.213 e. The number of aromatic nitrogens is 3. The molecular formula is C71H64B2N7OPt-3. The number of para-hydroxylation sites is 5. The Labute approximate surface area is 508 Å². The van der Waals surface area contributed by atoms with Gasteiger partial charge in [0.25, 0.3) is 0 Å². The number of nitrogens with zero attached hydrogens (tertiary/aromatic N) is 5. The molecular weight excluding hydrogens is 1180 g/mol. The minimum Gasteiger partial charge on any atom is -0.509 e. The van der Waals surface area contributed by atoms with Crippen LogP contribution in [-0.4, -0.2) is 28.7 Å². The Morgan fingerprint density at radius 1 is 0.659 bits per heavy atom. The Kier molecular flexibility index (Phi) is 13.6. The molecule has 2 N–H and O–H groups in total. The van der Waals surface area contributed by atoms with E-state index in [1.807, 2.05) is 73.4 Å². The van der Waals surface area contributed by atoms with E-state index >= 15 is 0 Å². The van der Waals surface area contributed by atoms with E-state index in [0.717, 1.165) is 71.5 Å². The van der Waals surface area contributed by atoms with Gasteiger partial charge in [0, 0.05) is 91.0 Å². The fraction of sp³-hybridized carbons (Fsp3) is 0.155. The molecule has 0 bridgehead atoms. The number of benzene rings is 7. The third-order valence-electron chi connectivity index (χ3n) is 14.8. The minimum atomic E-state index is -2.75. The van der Waals surface area contributed by atoms with Gasteiger partial charge in [-0.25, -0.2) is 4.98 Å². The molecule has 0 saturated heterocycles. The van der Waals surface area contributed by atoms with E-state index in [9.17, 15) is 2.74 Å². The summed E-state index contributed by atoms with van der Waals surface area (Å²) in [6.45, 7) is 14.9. The summed E-state index contributed by atoms with van der Waals surface area (Å²) in [5, 5.41) is 7.10. The molecule has 82 heavy (non-hydrogen) atoms. The summed E-state index contributed by atoms with van der Waals surface area (Å²) in [5.74, 6) is 4.93. The van der Waals surface area contributed by atoms with Gasteiger partial charge in [0.2, 0.25) is 5.95 Å². The van der Waals surface area contributed by atoms with Crippen molar-refractivity contribution < 1.29 is 35.4 Å². The normalized spacial score (nSPS) is 19.4. The molecule has 408 valence electrons.